The van der Waals surface area contributed by atoms with Crippen LogP contribution in [0.4, 0.5) is 0 Å². The number of amides is 1. The summed E-state index contributed by atoms with van der Waals surface area (Å²) in [6, 6.07) is 8.01. The standard InChI is InChI=1S/C15H22N4O/c1-11-18-12-6-4-5-7-13(12)19(11)9-8-17-14(20)15(2,3)10-16/h4-7H,8-10,16H2,1-3H3,(H,17,20). The fraction of sp³-hybridized carbons (Fsp3) is 0.467. The van der Waals surface area contributed by atoms with E-state index in [2.05, 4.69) is 14.9 Å². The van der Waals surface area contributed by atoms with Gasteiger partial charge in [0.25, 0.3) is 0 Å². The Labute approximate surface area is 119 Å². The lowest BCUT2D eigenvalue weighted by Gasteiger charge is -2.21. The molecule has 0 aliphatic carbocycles. The molecule has 1 amide bonds. The number of nitrogens with two attached hydrogens (primary N) is 1. The Morgan fingerprint density at radius 3 is 2.80 bits per heavy atom. The van der Waals surface area contributed by atoms with Gasteiger partial charge in [-0.15, -0.1) is 0 Å². The highest BCUT2D eigenvalue weighted by molar-refractivity contribution is 5.82. The first-order valence-corrected chi connectivity index (χ1v) is 6.86. The molecule has 0 radical (unpaired) electrons. The van der Waals surface area contributed by atoms with Crippen molar-refractivity contribution >= 4 is 16.9 Å². The fourth-order valence-electron chi connectivity index (χ4n) is 2.09. The first kappa shape index (κ1) is 14.5. The van der Waals surface area contributed by atoms with E-state index in [1.165, 1.54) is 0 Å². The van der Waals surface area contributed by atoms with E-state index >= 15 is 0 Å². The highest BCUT2D eigenvalue weighted by atomic mass is 16.2. The molecule has 2 rings (SSSR count). The van der Waals surface area contributed by atoms with E-state index in [1.807, 2.05) is 45.0 Å². The maximum Gasteiger partial charge on any atom is 0.226 e. The van der Waals surface area contributed by atoms with Crippen LogP contribution in [0, 0.1) is 12.3 Å². The zero-order valence-corrected chi connectivity index (χ0v) is 12.3. The maximum absolute atomic E-state index is 12.0. The number of rotatable bonds is 5. The maximum atomic E-state index is 12.0. The quantitative estimate of drug-likeness (QED) is 0.866. The van der Waals surface area contributed by atoms with Crippen LogP contribution >= 0.6 is 0 Å². The second-order valence-corrected chi connectivity index (χ2v) is 5.64. The topological polar surface area (TPSA) is 72.9 Å². The predicted molar refractivity (Wildman–Crippen MR) is 80.3 cm³/mol. The number of fused-ring (bicyclic) bond motifs is 1. The normalized spacial score (nSPS) is 11.8. The summed E-state index contributed by atoms with van der Waals surface area (Å²) >= 11 is 0. The van der Waals surface area contributed by atoms with Crippen LogP contribution < -0.4 is 11.1 Å². The molecule has 0 saturated heterocycles. The minimum absolute atomic E-state index is 0.0120. The predicted octanol–water partition coefficient (Wildman–Crippen LogP) is 1.45. The van der Waals surface area contributed by atoms with E-state index in [0.29, 0.717) is 19.6 Å². The average Bonchev–Trinajstić information content (AvgIpc) is 2.75. The first-order chi connectivity index (χ1) is 9.45. The van der Waals surface area contributed by atoms with E-state index in [4.69, 9.17) is 5.73 Å². The molecular weight excluding hydrogens is 252 g/mol. The van der Waals surface area contributed by atoms with Crippen molar-refractivity contribution in [2.75, 3.05) is 13.1 Å². The summed E-state index contributed by atoms with van der Waals surface area (Å²) < 4.78 is 2.12. The zero-order valence-electron chi connectivity index (χ0n) is 12.3. The van der Waals surface area contributed by atoms with Gasteiger partial charge in [0.15, 0.2) is 0 Å². The van der Waals surface area contributed by atoms with Gasteiger partial charge >= 0.3 is 0 Å². The van der Waals surface area contributed by atoms with Gasteiger partial charge in [-0.2, -0.15) is 0 Å². The summed E-state index contributed by atoms with van der Waals surface area (Å²) in [6.45, 7) is 7.29. The van der Waals surface area contributed by atoms with Crippen LogP contribution in [0.3, 0.4) is 0 Å². The molecule has 108 valence electrons. The molecule has 5 nitrogen and oxygen atoms in total. The number of nitrogens with zero attached hydrogens (tertiary/aromatic N) is 2. The third-order valence-electron chi connectivity index (χ3n) is 3.59. The van der Waals surface area contributed by atoms with E-state index in [0.717, 1.165) is 16.9 Å². The Hall–Kier alpha value is -1.88. The average molecular weight is 274 g/mol. The van der Waals surface area contributed by atoms with Gasteiger partial charge in [-0.3, -0.25) is 4.79 Å². The van der Waals surface area contributed by atoms with Gasteiger partial charge in [0.1, 0.15) is 5.82 Å². The molecule has 1 aromatic carbocycles. The summed E-state index contributed by atoms with van der Waals surface area (Å²) in [5.74, 6) is 0.945. The molecular formula is C15H22N4O. The van der Waals surface area contributed by atoms with Gasteiger partial charge in [-0.25, -0.2) is 4.98 Å². The van der Waals surface area contributed by atoms with Gasteiger partial charge in [0.05, 0.1) is 16.4 Å². The molecule has 1 aromatic heterocycles. The number of carbonyl (C=O) groups excluding carboxylic acids is 1. The third kappa shape index (κ3) is 2.82. The molecule has 1 heterocycles. The molecule has 0 spiro atoms. The van der Waals surface area contributed by atoms with Gasteiger partial charge in [-0.1, -0.05) is 12.1 Å². The Kier molecular flexibility index (Phi) is 4.09. The number of imidazole rings is 1. The minimum atomic E-state index is -0.522. The molecule has 0 unspecified atom stereocenters. The lowest BCUT2D eigenvalue weighted by atomic mass is 9.93. The molecule has 0 aliphatic rings. The van der Waals surface area contributed by atoms with Crippen molar-refractivity contribution < 1.29 is 4.79 Å². The van der Waals surface area contributed by atoms with Crippen LogP contribution in [0.15, 0.2) is 24.3 Å². The highest BCUT2D eigenvalue weighted by Crippen LogP contribution is 2.15. The highest BCUT2D eigenvalue weighted by Gasteiger charge is 2.25. The summed E-state index contributed by atoms with van der Waals surface area (Å²) in [5.41, 5.74) is 7.15. The molecule has 0 fully saturated rings. The van der Waals surface area contributed by atoms with Gasteiger partial charge in [-0.05, 0) is 32.9 Å². The summed E-state index contributed by atoms with van der Waals surface area (Å²) in [5, 5.41) is 2.94. The fourth-order valence-corrected chi connectivity index (χ4v) is 2.09. The molecule has 0 aliphatic heterocycles. The number of carbonyl (C=O) groups is 1. The molecule has 0 saturated carbocycles. The largest absolute Gasteiger partial charge is 0.354 e. The number of nitrogens with one attached hydrogen (secondary N) is 1. The van der Waals surface area contributed by atoms with Crippen molar-refractivity contribution in [1.82, 2.24) is 14.9 Å². The van der Waals surface area contributed by atoms with E-state index in [1.54, 1.807) is 0 Å². The SMILES string of the molecule is Cc1nc2ccccc2n1CCNC(=O)C(C)(C)CN. The molecule has 2 aromatic rings. The molecule has 0 atom stereocenters. The summed E-state index contributed by atoms with van der Waals surface area (Å²) in [4.78, 5) is 16.5. The van der Waals surface area contributed by atoms with Crippen molar-refractivity contribution in [3.05, 3.63) is 30.1 Å². The number of aryl methyl sites for hydroxylation is 1. The summed E-state index contributed by atoms with van der Waals surface area (Å²) in [6.07, 6.45) is 0. The van der Waals surface area contributed by atoms with Gasteiger partial charge in [0.2, 0.25) is 5.91 Å². The molecule has 3 N–H and O–H groups in total. The Balaban J connectivity index is 2.03. The lowest BCUT2D eigenvalue weighted by Crippen LogP contribution is -2.42. The van der Waals surface area contributed by atoms with Crippen molar-refractivity contribution in [3.63, 3.8) is 0 Å². The second kappa shape index (κ2) is 5.63. The van der Waals surface area contributed by atoms with Crippen LogP contribution in [-0.2, 0) is 11.3 Å². The molecule has 0 bridgehead atoms. The number of para-hydroxylation sites is 2. The minimum Gasteiger partial charge on any atom is -0.354 e. The van der Waals surface area contributed by atoms with Crippen LogP contribution in [0.2, 0.25) is 0 Å². The van der Waals surface area contributed by atoms with Crippen molar-refractivity contribution in [2.24, 2.45) is 11.1 Å². The van der Waals surface area contributed by atoms with Gasteiger partial charge < -0.3 is 15.6 Å². The van der Waals surface area contributed by atoms with Crippen molar-refractivity contribution in [1.29, 1.82) is 0 Å². The molecule has 5 heteroatoms. The summed E-state index contributed by atoms with van der Waals surface area (Å²) in [7, 11) is 0. The Bertz CT molecular complexity index is 615. The molecule has 20 heavy (non-hydrogen) atoms. The monoisotopic (exact) mass is 274 g/mol. The van der Waals surface area contributed by atoms with Crippen molar-refractivity contribution in [2.45, 2.75) is 27.3 Å². The van der Waals surface area contributed by atoms with Crippen LogP contribution in [0.1, 0.15) is 19.7 Å². The smallest absolute Gasteiger partial charge is 0.226 e. The van der Waals surface area contributed by atoms with E-state index in [9.17, 15) is 4.79 Å². The van der Waals surface area contributed by atoms with Crippen LogP contribution in [-0.4, -0.2) is 28.5 Å². The lowest BCUT2D eigenvalue weighted by molar-refractivity contribution is -0.128. The number of hydrogen-bond donors (Lipinski definition) is 2. The van der Waals surface area contributed by atoms with Gasteiger partial charge in [0, 0.05) is 19.6 Å². The Morgan fingerprint density at radius 1 is 1.40 bits per heavy atom. The third-order valence-corrected chi connectivity index (χ3v) is 3.59. The van der Waals surface area contributed by atoms with Crippen molar-refractivity contribution in [3.8, 4) is 0 Å². The van der Waals surface area contributed by atoms with E-state index in [-0.39, 0.29) is 5.91 Å². The zero-order chi connectivity index (χ0) is 14.8. The van der Waals surface area contributed by atoms with E-state index < -0.39 is 5.41 Å². The van der Waals surface area contributed by atoms with Crippen LogP contribution in [0.25, 0.3) is 11.0 Å². The van der Waals surface area contributed by atoms with Crippen LogP contribution in [0.5, 0.6) is 0 Å². The number of hydrogen-bond acceptors (Lipinski definition) is 3. The second-order valence-electron chi connectivity index (χ2n) is 5.64. The number of aromatic nitrogens is 2. The number of benzene rings is 1. The Morgan fingerprint density at radius 2 is 2.10 bits per heavy atom. The first-order valence-electron chi connectivity index (χ1n) is 6.86.